The Bertz CT molecular complexity index is 487. The van der Waals surface area contributed by atoms with Crippen molar-refractivity contribution in [1.82, 2.24) is 15.2 Å². The van der Waals surface area contributed by atoms with E-state index < -0.39 is 0 Å². The van der Waals surface area contributed by atoms with Crippen LogP contribution < -0.4 is 0 Å². The Kier molecular flexibility index (Phi) is 2.04. The molecule has 0 aliphatic rings. The van der Waals surface area contributed by atoms with Gasteiger partial charge in [-0.05, 0) is 26.0 Å². The predicted octanol–water partition coefficient (Wildman–Crippen LogP) is 1.40. The molecule has 0 aliphatic heterocycles. The van der Waals surface area contributed by atoms with Crippen LogP contribution in [0.1, 0.15) is 18.3 Å². The lowest BCUT2D eigenvalue weighted by atomic mass is 10.1. The number of hydrogen-bond donors (Lipinski definition) is 1. The highest BCUT2D eigenvalue weighted by Crippen LogP contribution is 2.14. The third kappa shape index (κ3) is 1.51. The van der Waals surface area contributed by atoms with Gasteiger partial charge in [0.15, 0.2) is 5.65 Å². The van der Waals surface area contributed by atoms with Gasteiger partial charge < -0.3 is 0 Å². The summed E-state index contributed by atoms with van der Waals surface area (Å²) in [6.07, 6.45) is 0.390. The number of H-pyrrole nitrogens is 1. The smallest absolute Gasteiger partial charge is 0.181 e. The van der Waals surface area contributed by atoms with Crippen molar-refractivity contribution >= 4 is 16.8 Å². The number of Topliss-reactive ketones (excluding diaryl/α,β-unsaturated/α-hetero) is 1. The van der Waals surface area contributed by atoms with Gasteiger partial charge in [0, 0.05) is 17.5 Å². The molecule has 4 nitrogen and oxygen atoms in total. The number of fused-ring (bicyclic) bond motifs is 1. The minimum absolute atomic E-state index is 0.121. The van der Waals surface area contributed by atoms with Gasteiger partial charge in [-0.15, -0.1) is 0 Å². The Balaban J connectivity index is 2.52. The number of pyridine rings is 1. The van der Waals surface area contributed by atoms with E-state index in [4.69, 9.17) is 0 Å². The van der Waals surface area contributed by atoms with Crippen LogP contribution in [0.25, 0.3) is 11.0 Å². The van der Waals surface area contributed by atoms with Crippen molar-refractivity contribution in [2.45, 2.75) is 20.3 Å². The van der Waals surface area contributed by atoms with Gasteiger partial charge >= 0.3 is 0 Å². The molecule has 2 aromatic heterocycles. The normalized spacial score (nSPS) is 10.7. The van der Waals surface area contributed by atoms with Crippen LogP contribution in [0.15, 0.2) is 12.1 Å². The fourth-order valence-electron chi connectivity index (χ4n) is 1.43. The Labute approximate surface area is 81.4 Å². The van der Waals surface area contributed by atoms with E-state index in [0.717, 1.165) is 16.8 Å². The maximum absolute atomic E-state index is 11.0. The third-order valence-corrected chi connectivity index (χ3v) is 2.06. The summed E-state index contributed by atoms with van der Waals surface area (Å²) in [4.78, 5) is 15.2. The Morgan fingerprint density at radius 3 is 3.00 bits per heavy atom. The van der Waals surface area contributed by atoms with Crippen molar-refractivity contribution in [3.63, 3.8) is 0 Å². The van der Waals surface area contributed by atoms with Crippen molar-refractivity contribution in [2.24, 2.45) is 0 Å². The molecular formula is C10H11N3O. The van der Waals surface area contributed by atoms with Gasteiger partial charge in [0.1, 0.15) is 5.78 Å². The first-order valence-corrected chi connectivity index (χ1v) is 4.47. The molecule has 1 N–H and O–H groups in total. The summed E-state index contributed by atoms with van der Waals surface area (Å²) in [6.45, 7) is 3.48. The van der Waals surface area contributed by atoms with E-state index in [0.29, 0.717) is 12.1 Å². The second kappa shape index (κ2) is 3.21. The molecule has 0 atom stereocenters. The van der Waals surface area contributed by atoms with E-state index in [1.807, 2.05) is 19.1 Å². The fourth-order valence-corrected chi connectivity index (χ4v) is 1.43. The number of aryl methyl sites for hydroxylation is 1. The average molecular weight is 189 g/mol. The number of hydrogen-bond acceptors (Lipinski definition) is 3. The van der Waals surface area contributed by atoms with E-state index in [2.05, 4.69) is 15.2 Å². The van der Waals surface area contributed by atoms with E-state index in [1.165, 1.54) is 0 Å². The first-order chi connectivity index (χ1) is 6.66. The van der Waals surface area contributed by atoms with Gasteiger partial charge in [0.25, 0.3) is 0 Å². The summed E-state index contributed by atoms with van der Waals surface area (Å²) in [6, 6.07) is 3.86. The standard InChI is InChI=1S/C10H11N3O/c1-6-3-4-8-9(5-7(2)14)12-13-10(8)11-6/h3-4H,5H2,1-2H3,(H,11,12,13). The van der Waals surface area contributed by atoms with Gasteiger partial charge in [-0.2, -0.15) is 5.10 Å². The fraction of sp³-hybridized carbons (Fsp3) is 0.300. The molecule has 14 heavy (non-hydrogen) atoms. The second-order valence-corrected chi connectivity index (χ2v) is 3.40. The van der Waals surface area contributed by atoms with Crippen LogP contribution in [0.3, 0.4) is 0 Å². The monoisotopic (exact) mass is 189 g/mol. The van der Waals surface area contributed by atoms with Gasteiger partial charge in [0.05, 0.1) is 5.69 Å². The number of ketones is 1. The molecule has 0 spiro atoms. The molecule has 0 aliphatic carbocycles. The molecule has 0 fully saturated rings. The molecule has 0 saturated carbocycles. The molecule has 2 rings (SSSR count). The van der Waals surface area contributed by atoms with Crippen LogP contribution in [0.5, 0.6) is 0 Å². The molecule has 4 heteroatoms. The van der Waals surface area contributed by atoms with Gasteiger partial charge in [-0.25, -0.2) is 4.98 Å². The summed E-state index contributed by atoms with van der Waals surface area (Å²) < 4.78 is 0. The van der Waals surface area contributed by atoms with E-state index in [1.54, 1.807) is 6.92 Å². The summed E-state index contributed by atoms with van der Waals surface area (Å²) in [5.74, 6) is 0.121. The summed E-state index contributed by atoms with van der Waals surface area (Å²) in [5, 5.41) is 7.82. The van der Waals surface area contributed by atoms with Crippen molar-refractivity contribution in [3.8, 4) is 0 Å². The number of carbonyl (C=O) groups is 1. The number of rotatable bonds is 2. The number of carbonyl (C=O) groups excluding carboxylic acids is 1. The van der Waals surface area contributed by atoms with E-state index in [-0.39, 0.29) is 5.78 Å². The maximum Gasteiger partial charge on any atom is 0.181 e. The summed E-state index contributed by atoms with van der Waals surface area (Å²) >= 11 is 0. The topological polar surface area (TPSA) is 58.6 Å². The summed E-state index contributed by atoms with van der Waals surface area (Å²) in [5.41, 5.74) is 2.46. The zero-order valence-corrected chi connectivity index (χ0v) is 8.16. The lowest BCUT2D eigenvalue weighted by Gasteiger charge is -1.94. The van der Waals surface area contributed by atoms with Crippen molar-refractivity contribution in [3.05, 3.63) is 23.5 Å². The molecule has 2 aromatic rings. The number of aromatic nitrogens is 3. The minimum atomic E-state index is 0.121. The largest absolute Gasteiger partial charge is 0.300 e. The first kappa shape index (κ1) is 8.87. The molecule has 0 unspecified atom stereocenters. The van der Waals surface area contributed by atoms with Gasteiger partial charge in [-0.1, -0.05) is 0 Å². The molecular weight excluding hydrogens is 178 g/mol. The molecule has 0 aromatic carbocycles. The Morgan fingerprint density at radius 1 is 1.50 bits per heavy atom. The van der Waals surface area contributed by atoms with Crippen LogP contribution in [0.4, 0.5) is 0 Å². The highest BCUT2D eigenvalue weighted by molar-refractivity contribution is 5.85. The zero-order valence-electron chi connectivity index (χ0n) is 8.16. The lowest BCUT2D eigenvalue weighted by Crippen LogP contribution is -1.96. The highest BCUT2D eigenvalue weighted by atomic mass is 16.1. The second-order valence-electron chi connectivity index (χ2n) is 3.40. The SMILES string of the molecule is CC(=O)Cc1[nH]nc2nc(C)ccc12. The zero-order chi connectivity index (χ0) is 10.1. The van der Waals surface area contributed by atoms with E-state index >= 15 is 0 Å². The van der Waals surface area contributed by atoms with Crippen LogP contribution in [-0.2, 0) is 11.2 Å². The minimum Gasteiger partial charge on any atom is -0.300 e. The average Bonchev–Trinajstić information content (AvgIpc) is 2.47. The van der Waals surface area contributed by atoms with Crippen molar-refractivity contribution < 1.29 is 4.79 Å². The number of aromatic amines is 1. The van der Waals surface area contributed by atoms with Crippen molar-refractivity contribution in [2.75, 3.05) is 0 Å². The predicted molar refractivity (Wildman–Crippen MR) is 53.0 cm³/mol. The third-order valence-electron chi connectivity index (χ3n) is 2.06. The van der Waals surface area contributed by atoms with Crippen LogP contribution in [-0.4, -0.2) is 21.0 Å². The molecule has 0 saturated heterocycles. The molecule has 0 radical (unpaired) electrons. The molecule has 0 amide bonds. The quantitative estimate of drug-likeness (QED) is 0.776. The van der Waals surface area contributed by atoms with Crippen LogP contribution in [0.2, 0.25) is 0 Å². The maximum atomic E-state index is 11.0. The van der Waals surface area contributed by atoms with Gasteiger partial charge in [0.2, 0.25) is 0 Å². The Hall–Kier alpha value is -1.71. The first-order valence-electron chi connectivity index (χ1n) is 4.47. The van der Waals surface area contributed by atoms with Crippen LogP contribution >= 0.6 is 0 Å². The van der Waals surface area contributed by atoms with Gasteiger partial charge in [-0.3, -0.25) is 9.89 Å². The highest BCUT2D eigenvalue weighted by Gasteiger charge is 2.07. The Morgan fingerprint density at radius 2 is 2.29 bits per heavy atom. The molecule has 0 bridgehead atoms. The number of nitrogens with zero attached hydrogens (tertiary/aromatic N) is 2. The lowest BCUT2D eigenvalue weighted by molar-refractivity contribution is -0.116. The van der Waals surface area contributed by atoms with Crippen molar-refractivity contribution in [1.29, 1.82) is 0 Å². The number of nitrogens with one attached hydrogen (secondary N) is 1. The summed E-state index contributed by atoms with van der Waals surface area (Å²) in [7, 11) is 0. The van der Waals surface area contributed by atoms with E-state index in [9.17, 15) is 4.79 Å². The molecule has 2 heterocycles. The van der Waals surface area contributed by atoms with Crippen LogP contribution in [0, 0.1) is 6.92 Å². The molecule has 72 valence electrons.